The first-order valence-electron chi connectivity index (χ1n) is 5.42. The molecule has 0 aliphatic rings. The zero-order chi connectivity index (χ0) is 12.7. The number of methoxy groups -OCH3 is 1. The first kappa shape index (κ1) is 13.6. The van der Waals surface area contributed by atoms with E-state index in [-0.39, 0.29) is 12.5 Å². The number of carbonyl (C=O) groups excluding carboxylic acids is 1. The monoisotopic (exact) mass is 241 g/mol. The van der Waals surface area contributed by atoms with E-state index in [0.29, 0.717) is 13.2 Å². The van der Waals surface area contributed by atoms with Crippen LogP contribution in [0.25, 0.3) is 0 Å². The Bertz CT molecular complexity index is 350. The van der Waals surface area contributed by atoms with Gasteiger partial charge in [-0.2, -0.15) is 0 Å². The molecule has 7 heteroatoms. The van der Waals surface area contributed by atoms with E-state index in [1.807, 2.05) is 0 Å². The molecule has 0 aliphatic heterocycles. The molecule has 0 radical (unpaired) electrons. The molecule has 0 aliphatic carbocycles. The van der Waals surface area contributed by atoms with Gasteiger partial charge in [0.15, 0.2) is 0 Å². The standard InChI is InChI=1S/C10H19N5O2/c1-14(2)10(16)8-15-7-9(12-13-15)6-11-4-5-17-3/h7,11H,4-6,8H2,1-3H3. The molecule has 96 valence electrons. The van der Waals surface area contributed by atoms with Crippen molar-refractivity contribution >= 4 is 5.91 Å². The summed E-state index contributed by atoms with van der Waals surface area (Å²) in [5.74, 6) is -0.00575. The molecule has 0 aromatic carbocycles. The molecule has 17 heavy (non-hydrogen) atoms. The summed E-state index contributed by atoms with van der Waals surface area (Å²) in [6, 6.07) is 0. The number of hydrogen-bond acceptors (Lipinski definition) is 5. The van der Waals surface area contributed by atoms with E-state index in [4.69, 9.17) is 4.74 Å². The lowest BCUT2D eigenvalue weighted by Crippen LogP contribution is -2.26. The number of amides is 1. The van der Waals surface area contributed by atoms with Gasteiger partial charge in [0.05, 0.1) is 18.5 Å². The average Bonchev–Trinajstić information content (AvgIpc) is 2.72. The molecule has 1 aromatic rings. The van der Waals surface area contributed by atoms with Gasteiger partial charge in [-0.25, -0.2) is 4.68 Å². The third-order valence-electron chi connectivity index (χ3n) is 2.17. The van der Waals surface area contributed by atoms with Gasteiger partial charge in [-0.15, -0.1) is 5.10 Å². The van der Waals surface area contributed by atoms with Crippen LogP contribution in [0.1, 0.15) is 5.69 Å². The fraction of sp³-hybridized carbons (Fsp3) is 0.700. The zero-order valence-corrected chi connectivity index (χ0v) is 10.5. The van der Waals surface area contributed by atoms with Gasteiger partial charge in [0.25, 0.3) is 0 Å². The molecule has 1 aromatic heterocycles. The summed E-state index contributed by atoms with van der Waals surface area (Å²) in [5, 5.41) is 11.0. The second-order valence-corrected chi connectivity index (χ2v) is 3.87. The lowest BCUT2D eigenvalue weighted by molar-refractivity contribution is -0.129. The Morgan fingerprint density at radius 1 is 1.59 bits per heavy atom. The molecule has 0 saturated heterocycles. The summed E-state index contributed by atoms with van der Waals surface area (Å²) in [6.45, 7) is 2.27. The molecule has 7 nitrogen and oxygen atoms in total. The third kappa shape index (κ3) is 4.92. The van der Waals surface area contributed by atoms with Gasteiger partial charge < -0.3 is 15.0 Å². The predicted octanol–water partition coefficient (Wildman–Crippen LogP) is -0.898. The van der Waals surface area contributed by atoms with Crippen LogP contribution in [0.4, 0.5) is 0 Å². The number of ether oxygens (including phenoxy) is 1. The van der Waals surface area contributed by atoms with E-state index in [2.05, 4.69) is 15.6 Å². The largest absolute Gasteiger partial charge is 0.383 e. The van der Waals surface area contributed by atoms with Crippen LogP contribution in [-0.4, -0.2) is 60.2 Å². The zero-order valence-electron chi connectivity index (χ0n) is 10.5. The highest BCUT2D eigenvalue weighted by Gasteiger charge is 2.07. The minimum absolute atomic E-state index is 0.00575. The molecule has 0 atom stereocenters. The molecule has 0 fully saturated rings. The van der Waals surface area contributed by atoms with Gasteiger partial charge in [0, 0.05) is 34.3 Å². The van der Waals surface area contributed by atoms with E-state index in [1.165, 1.54) is 9.58 Å². The third-order valence-corrected chi connectivity index (χ3v) is 2.17. The lowest BCUT2D eigenvalue weighted by atomic mass is 10.4. The Balaban J connectivity index is 2.35. The van der Waals surface area contributed by atoms with E-state index >= 15 is 0 Å². The molecular weight excluding hydrogens is 222 g/mol. The first-order chi connectivity index (χ1) is 8.13. The highest BCUT2D eigenvalue weighted by molar-refractivity contribution is 5.75. The van der Waals surface area contributed by atoms with Crippen LogP contribution in [0, 0.1) is 0 Å². The molecule has 0 bridgehead atoms. The SMILES string of the molecule is COCCNCc1cn(CC(=O)N(C)C)nn1. The number of nitrogens with one attached hydrogen (secondary N) is 1. The van der Waals surface area contributed by atoms with Gasteiger partial charge in [-0.05, 0) is 0 Å². The van der Waals surface area contributed by atoms with Crippen molar-refractivity contribution in [3.05, 3.63) is 11.9 Å². The first-order valence-corrected chi connectivity index (χ1v) is 5.42. The van der Waals surface area contributed by atoms with Gasteiger partial charge in [-0.1, -0.05) is 5.21 Å². The fourth-order valence-electron chi connectivity index (χ4n) is 1.17. The van der Waals surface area contributed by atoms with E-state index in [9.17, 15) is 4.79 Å². The predicted molar refractivity (Wildman–Crippen MR) is 62.3 cm³/mol. The van der Waals surface area contributed by atoms with Crippen LogP contribution in [0.3, 0.4) is 0 Å². The Hall–Kier alpha value is -1.47. The summed E-state index contributed by atoms with van der Waals surface area (Å²) >= 11 is 0. The number of carbonyl (C=O) groups is 1. The number of hydrogen-bond donors (Lipinski definition) is 1. The molecule has 1 amide bonds. The van der Waals surface area contributed by atoms with Gasteiger partial charge in [-0.3, -0.25) is 4.79 Å². The highest BCUT2D eigenvalue weighted by atomic mass is 16.5. The second-order valence-electron chi connectivity index (χ2n) is 3.87. The number of likely N-dealkylation sites (N-methyl/N-ethyl adjacent to an activating group) is 1. The van der Waals surface area contributed by atoms with Crippen LogP contribution in [0.2, 0.25) is 0 Å². The maximum absolute atomic E-state index is 11.4. The Labute approximate surface area is 101 Å². The molecule has 1 N–H and O–H groups in total. The van der Waals surface area contributed by atoms with Crippen molar-refractivity contribution in [1.82, 2.24) is 25.2 Å². The smallest absolute Gasteiger partial charge is 0.243 e. The number of aromatic nitrogens is 3. The normalized spacial score (nSPS) is 10.5. The van der Waals surface area contributed by atoms with Crippen LogP contribution in [0.15, 0.2) is 6.20 Å². The maximum Gasteiger partial charge on any atom is 0.243 e. The molecule has 1 rings (SSSR count). The minimum atomic E-state index is -0.00575. The van der Waals surface area contributed by atoms with Gasteiger partial charge in [0.1, 0.15) is 6.54 Å². The Morgan fingerprint density at radius 3 is 3.00 bits per heavy atom. The Kier molecular flexibility index (Phi) is 5.58. The summed E-state index contributed by atoms with van der Waals surface area (Å²) in [6.07, 6.45) is 1.77. The number of rotatable bonds is 7. The summed E-state index contributed by atoms with van der Waals surface area (Å²) < 4.78 is 6.45. The van der Waals surface area contributed by atoms with Gasteiger partial charge in [0.2, 0.25) is 5.91 Å². The highest BCUT2D eigenvalue weighted by Crippen LogP contribution is 1.93. The quantitative estimate of drug-likeness (QED) is 0.626. The summed E-state index contributed by atoms with van der Waals surface area (Å²) in [7, 11) is 5.09. The van der Waals surface area contributed by atoms with Crippen LogP contribution in [-0.2, 0) is 22.6 Å². The van der Waals surface area contributed by atoms with Crippen molar-refractivity contribution in [3.63, 3.8) is 0 Å². The maximum atomic E-state index is 11.4. The topological polar surface area (TPSA) is 72.3 Å². The van der Waals surface area contributed by atoms with Crippen LogP contribution in [0.5, 0.6) is 0 Å². The van der Waals surface area contributed by atoms with Crippen molar-refractivity contribution in [1.29, 1.82) is 0 Å². The fourth-order valence-corrected chi connectivity index (χ4v) is 1.17. The second kappa shape index (κ2) is 6.97. The van der Waals surface area contributed by atoms with E-state index in [0.717, 1.165) is 12.2 Å². The minimum Gasteiger partial charge on any atom is -0.383 e. The van der Waals surface area contributed by atoms with Crippen molar-refractivity contribution in [2.45, 2.75) is 13.1 Å². The molecule has 0 unspecified atom stereocenters. The Morgan fingerprint density at radius 2 is 2.35 bits per heavy atom. The van der Waals surface area contributed by atoms with Crippen LogP contribution < -0.4 is 5.32 Å². The van der Waals surface area contributed by atoms with Gasteiger partial charge >= 0.3 is 0 Å². The average molecular weight is 241 g/mol. The van der Waals surface area contributed by atoms with Crippen molar-refractivity contribution in [3.8, 4) is 0 Å². The van der Waals surface area contributed by atoms with Crippen molar-refractivity contribution < 1.29 is 9.53 Å². The van der Waals surface area contributed by atoms with Crippen molar-refractivity contribution in [2.75, 3.05) is 34.4 Å². The van der Waals surface area contributed by atoms with E-state index in [1.54, 1.807) is 27.4 Å². The molecular formula is C10H19N5O2. The molecule has 1 heterocycles. The van der Waals surface area contributed by atoms with Crippen LogP contribution >= 0.6 is 0 Å². The summed E-state index contributed by atoms with van der Waals surface area (Å²) in [5.41, 5.74) is 0.813. The summed E-state index contributed by atoms with van der Waals surface area (Å²) in [4.78, 5) is 13.0. The van der Waals surface area contributed by atoms with Crippen molar-refractivity contribution in [2.24, 2.45) is 0 Å². The molecule has 0 spiro atoms. The molecule has 0 saturated carbocycles. The number of nitrogens with zero attached hydrogens (tertiary/aromatic N) is 4. The van der Waals surface area contributed by atoms with E-state index < -0.39 is 0 Å². The lowest BCUT2D eigenvalue weighted by Gasteiger charge is -2.08.